The van der Waals surface area contributed by atoms with Gasteiger partial charge in [0.2, 0.25) is 10.0 Å². The van der Waals surface area contributed by atoms with Crippen LogP contribution in [0.1, 0.15) is 18.1 Å². The van der Waals surface area contributed by atoms with Crippen LogP contribution < -0.4 is 9.88 Å². The van der Waals surface area contributed by atoms with Crippen molar-refractivity contribution < 1.29 is 13.2 Å². The number of hydrogen-bond donors (Lipinski definition) is 2. The zero-order valence-electron chi connectivity index (χ0n) is 13.9. The first-order valence-corrected chi connectivity index (χ1v) is 9.52. The fourth-order valence-corrected chi connectivity index (χ4v) is 3.15. The molecule has 0 aliphatic carbocycles. The number of nitrogens with one attached hydrogen (secondary N) is 1. The highest BCUT2D eigenvalue weighted by atomic mass is 32.2. The number of aromatic amines is 1. The Kier molecular flexibility index (Phi) is 4.92. The van der Waals surface area contributed by atoms with E-state index in [9.17, 15) is 8.42 Å². The Bertz CT molecular complexity index is 943. The molecular weight excluding hydrogens is 336 g/mol. The monoisotopic (exact) mass is 356 g/mol. The smallest absolute Gasteiger partial charge is 0.238 e. The molecule has 1 heterocycles. The third-order valence-electron chi connectivity index (χ3n) is 3.88. The minimum atomic E-state index is -3.65. The molecule has 5 nitrogen and oxygen atoms in total. The van der Waals surface area contributed by atoms with Crippen LogP contribution in [-0.2, 0) is 16.4 Å². The molecule has 3 N–H and O–H groups in total. The molecule has 0 spiro atoms. The summed E-state index contributed by atoms with van der Waals surface area (Å²) in [5.41, 5.74) is 4.25. The highest BCUT2D eigenvalue weighted by Gasteiger charge is 2.08. The molecule has 0 unspecified atom stereocenters. The van der Waals surface area contributed by atoms with Crippen LogP contribution in [0.2, 0.25) is 0 Å². The minimum Gasteiger partial charge on any atom is -0.494 e. The summed E-state index contributed by atoms with van der Waals surface area (Å²) in [6.45, 7) is 2.61. The van der Waals surface area contributed by atoms with E-state index in [1.54, 1.807) is 12.1 Å². The summed E-state index contributed by atoms with van der Waals surface area (Å²) in [7, 11) is -3.65. The molecule has 2 aromatic carbocycles. The van der Waals surface area contributed by atoms with Crippen molar-refractivity contribution in [1.82, 2.24) is 4.98 Å². The van der Waals surface area contributed by atoms with E-state index in [-0.39, 0.29) is 4.90 Å². The number of benzene rings is 2. The standard InChI is InChI=1S/C19H20N2O3S/c1-2-24-17-7-5-16(6-8-17)19-12-15(13-21-19)11-14-3-9-18(10-4-14)25(20,22)23/h3-10,12-13,21H,2,11H2,1H3,(H2,20,22,23). The second-order valence-corrected chi connectivity index (χ2v) is 7.31. The molecular formula is C19H20N2O3S. The highest BCUT2D eigenvalue weighted by molar-refractivity contribution is 7.89. The van der Waals surface area contributed by atoms with Crippen molar-refractivity contribution in [3.05, 3.63) is 71.9 Å². The van der Waals surface area contributed by atoms with E-state index in [1.165, 1.54) is 12.1 Å². The average molecular weight is 356 g/mol. The van der Waals surface area contributed by atoms with E-state index < -0.39 is 10.0 Å². The number of ether oxygens (including phenoxy) is 1. The molecule has 1 aromatic heterocycles. The van der Waals surface area contributed by atoms with E-state index in [4.69, 9.17) is 9.88 Å². The summed E-state index contributed by atoms with van der Waals surface area (Å²) in [5, 5.41) is 5.11. The molecule has 0 aliphatic heterocycles. The van der Waals surface area contributed by atoms with E-state index in [0.29, 0.717) is 13.0 Å². The van der Waals surface area contributed by atoms with Gasteiger partial charge in [-0.15, -0.1) is 0 Å². The number of primary sulfonamides is 1. The number of rotatable bonds is 6. The first-order valence-electron chi connectivity index (χ1n) is 7.98. The Morgan fingerprint density at radius 1 is 1.00 bits per heavy atom. The lowest BCUT2D eigenvalue weighted by atomic mass is 10.1. The molecule has 0 aliphatic rings. The van der Waals surface area contributed by atoms with Crippen molar-refractivity contribution in [2.24, 2.45) is 5.14 Å². The maximum atomic E-state index is 11.3. The van der Waals surface area contributed by atoms with Gasteiger partial charge in [-0.2, -0.15) is 0 Å². The second-order valence-electron chi connectivity index (χ2n) is 5.74. The van der Waals surface area contributed by atoms with Crippen molar-refractivity contribution >= 4 is 10.0 Å². The quantitative estimate of drug-likeness (QED) is 0.710. The largest absolute Gasteiger partial charge is 0.494 e. The predicted octanol–water partition coefficient (Wildman–Crippen LogP) is 3.32. The maximum Gasteiger partial charge on any atom is 0.238 e. The lowest BCUT2D eigenvalue weighted by Gasteiger charge is -2.03. The molecule has 0 saturated carbocycles. The Morgan fingerprint density at radius 2 is 1.68 bits per heavy atom. The Labute approximate surface area is 147 Å². The third kappa shape index (κ3) is 4.29. The molecule has 0 fully saturated rings. The topological polar surface area (TPSA) is 85.2 Å². The SMILES string of the molecule is CCOc1ccc(-c2cc(Cc3ccc(S(N)(=O)=O)cc3)c[nH]2)cc1. The second kappa shape index (κ2) is 7.13. The van der Waals surface area contributed by atoms with Gasteiger partial charge in [0.15, 0.2) is 0 Å². The van der Waals surface area contributed by atoms with Gasteiger partial charge in [0.05, 0.1) is 11.5 Å². The zero-order valence-corrected chi connectivity index (χ0v) is 14.7. The van der Waals surface area contributed by atoms with Gasteiger partial charge in [-0.3, -0.25) is 0 Å². The van der Waals surface area contributed by atoms with Crippen LogP contribution in [-0.4, -0.2) is 20.0 Å². The number of aromatic nitrogens is 1. The van der Waals surface area contributed by atoms with Gasteiger partial charge in [-0.25, -0.2) is 13.6 Å². The van der Waals surface area contributed by atoms with Gasteiger partial charge in [-0.05, 0) is 72.5 Å². The molecule has 25 heavy (non-hydrogen) atoms. The Morgan fingerprint density at radius 3 is 2.28 bits per heavy atom. The number of nitrogens with two attached hydrogens (primary N) is 1. The van der Waals surface area contributed by atoms with E-state index in [2.05, 4.69) is 11.1 Å². The Hall–Kier alpha value is -2.57. The summed E-state index contributed by atoms with van der Waals surface area (Å²) < 4.78 is 28.0. The maximum absolute atomic E-state index is 11.3. The lowest BCUT2D eigenvalue weighted by Crippen LogP contribution is -2.11. The van der Waals surface area contributed by atoms with Gasteiger partial charge in [-0.1, -0.05) is 12.1 Å². The fourth-order valence-electron chi connectivity index (χ4n) is 2.64. The van der Waals surface area contributed by atoms with Crippen LogP contribution in [0.4, 0.5) is 0 Å². The van der Waals surface area contributed by atoms with Crippen LogP contribution in [0.5, 0.6) is 5.75 Å². The van der Waals surface area contributed by atoms with Crippen LogP contribution >= 0.6 is 0 Å². The van der Waals surface area contributed by atoms with Crippen molar-refractivity contribution in [2.45, 2.75) is 18.2 Å². The molecule has 0 atom stereocenters. The zero-order chi connectivity index (χ0) is 17.9. The molecule has 6 heteroatoms. The Balaban J connectivity index is 1.73. The van der Waals surface area contributed by atoms with Gasteiger partial charge < -0.3 is 9.72 Å². The first kappa shape index (κ1) is 17.3. The van der Waals surface area contributed by atoms with E-state index in [0.717, 1.165) is 28.1 Å². The summed E-state index contributed by atoms with van der Waals surface area (Å²) >= 11 is 0. The molecule has 130 valence electrons. The minimum absolute atomic E-state index is 0.125. The van der Waals surface area contributed by atoms with Crippen molar-refractivity contribution in [3.8, 4) is 17.0 Å². The molecule has 0 saturated heterocycles. The molecule has 3 rings (SSSR count). The van der Waals surface area contributed by atoms with E-state index in [1.807, 2.05) is 37.4 Å². The van der Waals surface area contributed by atoms with E-state index >= 15 is 0 Å². The third-order valence-corrected chi connectivity index (χ3v) is 4.81. The van der Waals surface area contributed by atoms with Crippen LogP contribution in [0.3, 0.4) is 0 Å². The molecule has 0 bridgehead atoms. The van der Waals surface area contributed by atoms with Gasteiger partial charge >= 0.3 is 0 Å². The first-order chi connectivity index (χ1) is 12.0. The number of hydrogen-bond acceptors (Lipinski definition) is 3. The summed E-state index contributed by atoms with van der Waals surface area (Å²) in [4.78, 5) is 3.40. The summed E-state index contributed by atoms with van der Waals surface area (Å²) in [5.74, 6) is 0.855. The summed E-state index contributed by atoms with van der Waals surface area (Å²) in [6.07, 6.45) is 2.66. The number of H-pyrrole nitrogens is 1. The average Bonchev–Trinajstić information content (AvgIpc) is 3.04. The van der Waals surface area contributed by atoms with Crippen molar-refractivity contribution in [3.63, 3.8) is 0 Å². The summed E-state index contributed by atoms with van der Waals surface area (Å²) in [6, 6.07) is 16.6. The molecule has 0 amide bonds. The van der Waals surface area contributed by atoms with Crippen LogP contribution in [0, 0.1) is 0 Å². The van der Waals surface area contributed by atoms with Crippen molar-refractivity contribution in [2.75, 3.05) is 6.61 Å². The highest BCUT2D eigenvalue weighted by Crippen LogP contribution is 2.23. The van der Waals surface area contributed by atoms with Gasteiger partial charge in [0, 0.05) is 11.9 Å². The lowest BCUT2D eigenvalue weighted by molar-refractivity contribution is 0.340. The molecule has 0 radical (unpaired) electrons. The fraction of sp³-hybridized carbons (Fsp3) is 0.158. The normalized spacial score (nSPS) is 11.4. The van der Waals surface area contributed by atoms with Gasteiger partial charge in [0.25, 0.3) is 0 Å². The number of sulfonamides is 1. The van der Waals surface area contributed by atoms with Crippen LogP contribution in [0.25, 0.3) is 11.3 Å². The molecule has 3 aromatic rings. The van der Waals surface area contributed by atoms with Crippen molar-refractivity contribution in [1.29, 1.82) is 0 Å². The van der Waals surface area contributed by atoms with Crippen LogP contribution in [0.15, 0.2) is 65.7 Å². The predicted molar refractivity (Wildman–Crippen MR) is 98.0 cm³/mol. The van der Waals surface area contributed by atoms with Gasteiger partial charge in [0.1, 0.15) is 5.75 Å².